The molecule has 2 unspecified atom stereocenters. The van der Waals surface area contributed by atoms with Crippen LogP contribution in [0.3, 0.4) is 0 Å². The Bertz CT molecular complexity index is 685. The first-order valence-corrected chi connectivity index (χ1v) is 20.4. The molecule has 37 heavy (non-hydrogen) atoms. The van der Waals surface area contributed by atoms with Crippen LogP contribution in [0.2, 0.25) is 0 Å². The first-order chi connectivity index (χ1) is 18.0. The first kappa shape index (κ1) is 40.4. The zero-order valence-corrected chi connectivity index (χ0v) is 28.8. The van der Waals surface area contributed by atoms with E-state index in [2.05, 4.69) is 35.8 Å². The van der Waals surface area contributed by atoms with Crippen molar-refractivity contribution in [3.8, 4) is 5.75 Å². The van der Waals surface area contributed by atoms with Gasteiger partial charge in [0.15, 0.2) is 0 Å². The van der Waals surface area contributed by atoms with Gasteiger partial charge in [-0.2, -0.15) is 0 Å². The Morgan fingerprint density at radius 3 is 1.59 bits per heavy atom. The molecule has 0 aliphatic carbocycles. The maximum absolute atomic E-state index is 11.6. The summed E-state index contributed by atoms with van der Waals surface area (Å²) in [6.07, 6.45) is 8.93. The van der Waals surface area contributed by atoms with E-state index < -0.39 is 23.4 Å². The van der Waals surface area contributed by atoms with Gasteiger partial charge >= 0.3 is 179 Å². The van der Waals surface area contributed by atoms with E-state index in [4.69, 9.17) is 4.74 Å². The van der Waals surface area contributed by atoms with Crippen molar-refractivity contribution in [2.75, 3.05) is 16.5 Å². The average Bonchev–Trinajstić information content (AvgIpc) is 2.98. The zero-order chi connectivity index (χ0) is 29.1. The van der Waals surface area contributed by atoms with Gasteiger partial charge in [-0.1, -0.05) is 62.3 Å². The number of hydrogen-bond donors (Lipinski definition) is 1. The van der Waals surface area contributed by atoms with Crippen LogP contribution in [0.5, 0.6) is 5.75 Å². The van der Waals surface area contributed by atoms with Crippen LogP contribution < -0.4 is 4.74 Å². The molecule has 0 aromatic heterocycles. The molecule has 2 rings (SSSR count). The molecule has 0 radical (unpaired) electrons. The van der Waals surface area contributed by atoms with Crippen molar-refractivity contribution in [1.29, 1.82) is 0 Å². The van der Waals surface area contributed by atoms with Gasteiger partial charge in [-0.05, 0) is 0 Å². The first-order valence-electron chi connectivity index (χ1n) is 15.0. The second-order valence-electron chi connectivity index (χ2n) is 8.08. The standard InChI is InChI=1S/C26H39IO2.4C2H6/c1-5-7-10-14-22(13-8-6-2)21-29-25-19-17-24(18-20-25)26(28,27(3)4)23-15-11-9-12-16-23;4*1-2/h9,11-12,15-20,22,28H,5-8,10,13-14,21H2,1-4H3;4*1-2H3. The molecule has 0 amide bonds. The molecule has 218 valence electrons. The molecule has 1 N–H and O–H groups in total. The molecule has 0 aliphatic heterocycles. The number of alkyl halides is 3. The van der Waals surface area contributed by atoms with Crippen molar-refractivity contribution in [2.45, 2.75) is 118 Å². The van der Waals surface area contributed by atoms with Crippen LogP contribution in [0.4, 0.5) is 0 Å². The van der Waals surface area contributed by atoms with E-state index in [9.17, 15) is 5.11 Å². The Hall–Kier alpha value is -1.07. The number of rotatable bonds is 13. The van der Waals surface area contributed by atoms with Crippen LogP contribution in [-0.4, -0.2) is 21.6 Å². The second kappa shape index (κ2) is 28.0. The maximum atomic E-state index is 11.6. The molecule has 0 saturated heterocycles. The fourth-order valence-corrected chi connectivity index (χ4v) is 6.95. The molecule has 0 heterocycles. The zero-order valence-electron chi connectivity index (χ0n) is 26.7. The molecular formula is C34H63IO2. The summed E-state index contributed by atoms with van der Waals surface area (Å²) in [5.74, 6) is 1.56. The fourth-order valence-electron chi connectivity index (χ4n) is 3.74. The summed E-state index contributed by atoms with van der Waals surface area (Å²) in [6.45, 7) is 21.3. The third kappa shape index (κ3) is 15.8. The van der Waals surface area contributed by atoms with Crippen molar-refractivity contribution < 1.29 is 9.84 Å². The van der Waals surface area contributed by atoms with E-state index in [1.54, 1.807) is 0 Å². The number of unbranched alkanes of at least 4 members (excludes halogenated alkanes) is 3. The van der Waals surface area contributed by atoms with Crippen molar-refractivity contribution in [3.05, 3.63) is 65.7 Å². The van der Waals surface area contributed by atoms with Crippen LogP contribution in [0, 0.1) is 5.92 Å². The number of hydrogen-bond acceptors (Lipinski definition) is 2. The van der Waals surface area contributed by atoms with Gasteiger partial charge in [0.05, 0.1) is 0 Å². The summed E-state index contributed by atoms with van der Waals surface area (Å²) in [7, 11) is 0. The van der Waals surface area contributed by atoms with E-state index in [0.29, 0.717) is 5.92 Å². The topological polar surface area (TPSA) is 29.5 Å². The normalized spacial score (nSPS) is 12.3. The van der Waals surface area contributed by atoms with Gasteiger partial charge in [-0.3, -0.25) is 0 Å². The van der Waals surface area contributed by atoms with E-state index >= 15 is 0 Å². The number of aliphatic hydroxyl groups is 1. The van der Waals surface area contributed by atoms with Gasteiger partial charge in [0.25, 0.3) is 0 Å². The number of ether oxygens (including phenoxy) is 1. The molecule has 0 spiro atoms. The van der Waals surface area contributed by atoms with Crippen molar-refractivity contribution in [3.63, 3.8) is 0 Å². The third-order valence-corrected chi connectivity index (χ3v) is 9.98. The molecule has 0 aliphatic rings. The molecule has 2 atom stereocenters. The van der Waals surface area contributed by atoms with Crippen LogP contribution in [0.1, 0.15) is 125 Å². The molecular weight excluding hydrogens is 567 g/mol. The molecule has 2 nitrogen and oxygen atoms in total. The molecule has 2 aromatic carbocycles. The van der Waals surface area contributed by atoms with Gasteiger partial charge in [0.1, 0.15) is 0 Å². The third-order valence-electron chi connectivity index (χ3n) is 5.61. The Balaban J connectivity index is -0.00000131. The Kier molecular flexibility index (Phi) is 30.5. The Morgan fingerprint density at radius 2 is 1.14 bits per heavy atom. The summed E-state index contributed by atoms with van der Waals surface area (Å²) >= 11 is -1.61. The van der Waals surface area contributed by atoms with Crippen molar-refractivity contribution in [2.24, 2.45) is 5.92 Å². The molecule has 3 heteroatoms. The van der Waals surface area contributed by atoms with E-state index in [0.717, 1.165) is 23.5 Å². The predicted octanol–water partition coefficient (Wildman–Crippen LogP) is 11.5. The monoisotopic (exact) mass is 630 g/mol. The van der Waals surface area contributed by atoms with Crippen LogP contribution >= 0.6 is 19.8 Å². The van der Waals surface area contributed by atoms with Crippen molar-refractivity contribution in [1.82, 2.24) is 0 Å². The van der Waals surface area contributed by atoms with Crippen LogP contribution in [0.15, 0.2) is 54.6 Å². The number of benzene rings is 2. The van der Waals surface area contributed by atoms with E-state index in [1.807, 2.05) is 97.9 Å². The van der Waals surface area contributed by atoms with Crippen molar-refractivity contribution >= 4 is 19.8 Å². The van der Waals surface area contributed by atoms with Crippen LogP contribution in [-0.2, 0) is 3.61 Å². The van der Waals surface area contributed by atoms with E-state index in [-0.39, 0.29) is 0 Å². The summed E-state index contributed by atoms with van der Waals surface area (Å²) in [6, 6.07) is 18.3. The molecule has 0 saturated carbocycles. The predicted molar refractivity (Wildman–Crippen MR) is 180 cm³/mol. The molecule has 0 fully saturated rings. The van der Waals surface area contributed by atoms with E-state index in [1.165, 1.54) is 44.9 Å². The van der Waals surface area contributed by atoms with Gasteiger partial charge in [-0.25, -0.2) is 0 Å². The SMILES string of the molecule is CC.CC.CC.CC.CCCCCC(CCCC)COc1ccc(C(O)(c2ccccc2)I(C)C)cc1. The van der Waals surface area contributed by atoms with Gasteiger partial charge < -0.3 is 0 Å². The summed E-state index contributed by atoms with van der Waals surface area (Å²) in [5, 5.41) is 11.6. The Morgan fingerprint density at radius 1 is 0.676 bits per heavy atom. The minimum absolute atomic E-state index is 0.645. The summed E-state index contributed by atoms with van der Waals surface area (Å²) in [5.41, 5.74) is 1.98. The summed E-state index contributed by atoms with van der Waals surface area (Å²) < 4.78 is 5.32. The number of halogens is 1. The summed E-state index contributed by atoms with van der Waals surface area (Å²) in [4.78, 5) is 4.44. The molecule has 2 aromatic rings. The second-order valence-corrected chi connectivity index (χ2v) is 14.0. The van der Waals surface area contributed by atoms with Gasteiger partial charge in [0, 0.05) is 0 Å². The quantitative estimate of drug-likeness (QED) is 0.136. The van der Waals surface area contributed by atoms with Crippen LogP contribution in [0.25, 0.3) is 0 Å². The Labute approximate surface area is 240 Å². The molecule has 0 bridgehead atoms. The van der Waals surface area contributed by atoms with Gasteiger partial charge in [0.2, 0.25) is 0 Å². The van der Waals surface area contributed by atoms with Gasteiger partial charge in [-0.15, -0.1) is 0 Å². The minimum atomic E-state index is -1.61. The average molecular weight is 631 g/mol. The fraction of sp³-hybridized carbons (Fsp3) is 0.647.